The Balaban J connectivity index is 2.25. The quantitative estimate of drug-likeness (QED) is 0.354. The number of methoxy groups -OCH3 is 1. The summed E-state index contributed by atoms with van der Waals surface area (Å²) in [6.45, 7) is 0.687. The molecule has 8 nitrogen and oxygen atoms in total. The second kappa shape index (κ2) is 10.2. The van der Waals surface area contributed by atoms with E-state index >= 15 is 0 Å². The van der Waals surface area contributed by atoms with E-state index < -0.39 is 20.7 Å². The maximum Gasteiger partial charge on any atom is 0.283 e. The van der Waals surface area contributed by atoms with Crippen molar-refractivity contribution in [3.8, 4) is 5.75 Å². The van der Waals surface area contributed by atoms with Crippen LogP contribution in [0.2, 0.25) is 15.1 Å². The molecule has 2 aromatic carbocycles. The minimum atomic E-state index is -4.49. The van der Waals surface area contributed by atoms with Crippen molar-refractivity contribution in [1.82, 2.24) is 5.01 Å². The molecule has 0 bridgehead atoms. The molecule has 1 fully saturated rings. The lowest BCUT2D eigenvalue weighted by Crippen LogP contribution is -2.50. The van der Waals surface area contributed by atoms with Crippen LogP contribution in [0.15, 0.2) is 35.2 Å². The Morgan fingerprint density at radius 1 is 1.31 bits per heavy atom. The predicted molar refractivity (Wildman–Crippen MR) is 131 cm³/mol. The number of sulfonamides is 1. The van der Waals surface area contributed by atoms with Crippen molar-refractivity contribution in [2.75, 3.05) is 30.0 Å². The van der Waals surface area contributed by atoms with E-state index in [1.165, 1.54) is 25.3 Å². The standard InChI is InChI=1S/C19H21Cl3N4O4S2/c1-30-10-11-4-3-9-25(11)26(15-6-2-5-12(20)16(15)22)32(28,29)18-13(21)7-8-14(17(18)27)24-19(23)31/h2,5-8,11,27H,3-4,9-10H2,1H3,(H3,23,24,31)/t11-/m1/s1. The summed E-state index contributed by atoms with van der Waals surface area (Å²) in [4.78, 5) is -0.528. The first-order chi connectivity index (χ1) is 15.1. The van der Waals surface area contributed by atoms with Crippen molar-refractivity contribution in [2.45, 2.75) is 23.8 Å². The van der Waals surface area contributed by atoms with Crippen LogP contribution in [0.3, 0.4) is 0 Å². The first kappa shape index (κ1) is 25.1. The zero-order chi connectivity index (χ0) is 23.6. The van der Waals surface area contributed by atoms with Gasteiger partial charge in [0.2, 0.25) is 0 Å². The number of nitrogens with one attached hydrogen (secondary N) is 1. The van der Waals surface area contributed by atoms with Crippen molar-refractivity contribution in [3.05, 3.63) is 45.4 Å². The zero-order valence-electron chi connectivity index (χ0n) is 16.9. The van der Waals surface area contributed by atoms with Gasteiger partial charge in [-0.05, 0) is 49.3 Å². The van der Waals surface area contributed by atoms with E-state index in [0.29, 0.717) is 13.0 Å². The molecule has 2 aromatic rings. The number of hydrazine groups is 1. The van der Waals surface area contributed by atoms with Gasteiger partial charge >= 0.3 is 0 Å². The fraction of sp³-hybridized carbons (Fsp3) is 0.316. The third kappa shape index (κ3) is 4.86. The summed E-state index contributed by atoms with van der Waals surface area (Å²) in [5, 5.41) is 14.9. The molecule has 0 unspecified atom stereocenters. The molecule has 1 aliphatic rings. The number of anilines is 2. The van der Waals surface area contributed by atoms with E-state index in [1.807, 2.05) is 0 Å². The van der Waals surface area contributed by atoms with Crippen molar-refractivity contribution in [1.29, 1.82) is 0 Å². The Hall–Kier alpha value is -1.53. The number of rotatable bonds is 7. The fourth-order valence-electron chi connectivity index (χ4n) is 3.58. The Morgan fingerprint density at radius 2 is 2.03 bits per heavy atom. The molecule has 4 N–H and O–H groups in total. The molecule has 32 heavy (non-hydrogen) atoms. The summed E-state index contributed by atoms with van der Waals surface area (Å²) >= 11 is 23.7. The summed E-state index contributed by atoms with van der Waals surface area (Å²) in [5.41, 5.74) is 5.60. The number of thiocarbonyl (C=S) groups is 1. The number of aromatic hydroxyl groups is 1. The van der Waals surface area contributed by atoms with E-state index in [1.54, 1.807) is 17.1 Å². The summed E-state index contributed by atoms with van der Waals surface area (Å²) in [6, 6.07) is 7.09. The highest BCUT2D eigenvalue weighted by Gasteiger charge is 2.41. The van der Waals surface area contributed by atoms with Crippen LogP contribution < -0.4 is 15.5 Å². The molecular formula is C19H21Cl3N4O4S2. The van der Waals surface area contributed by atoms with Crippen LogP contribution in [0.5, 0.6) is 5.75 Å². The summed E-state index contributed by atoms with van der Waals surface area (Å²) in [6.07, 6.45) is 1.42. The second-order valence-electron chi connectivity index (χ2n) is 7.00. The number of phenols is 1. The van der Waals surface area contributed by atoms with Crippen molar-refractivity contribution in [3.63, 3.8) is 0 Å². The van der Waals surface area contributed by atoms with Crippen LogP contribution in [0, 0.1) is 0 Å². The van der Waals surface area contributed by atoms with Crippen LogP contribution in [0.1, 0.15) is 12.8 Å². The van der Waals surface area contributed by atoms with Gasteiger partial charge in [0.05, 0.1) is 39.1 Å². The highest BCUT2D eigenvalue weighted by atomic mass is 35.5. The molecule has 3 rings (SSSR count). The molecule has 1 aliphatic heterocycles. The van der Waals surface area contributed by atoms with E-state index in [2.05, 4.69) is 5.32 Å². The van der Waals surface area contributed by atoms with Gasteiger partial charge in [0.25, 0.3) is 10.0 Å². The first-order valence-corrected chi connectivity index (χ1v) is 12.4. The Kier molecular flexibility index (Phi) is 7.97. The monoisotopic (exact) mass is 538 g/mol. The second-order valence-corrected chi connectivity index (χ2v) is 10.3. The van der Waals surface area contributed by atoms with Gasteiger partial charge in [0.15, 0.2) is 15.8 Å². The van der Waals surface area contributed by atoms with Gasteiger partial charge in [-0.3, -0.25) is 0 Å². The van der Waals surface area contributed by atoms with Gasteiger partial charge in [0.1, 0.15) is 0 Å². The highest BCUT2D eigenvalue weighted by molar-refractivity contribution is 7.93. The largest absolute Gasteiger partial charge is 0.504 e. The van der Waals surface area contributed by atoms with Crippen LogP contribution >= 0.6 is 47.0 Å². The molecule has 1 heterocycles. The van der Waals surface area contributed by atoms with Gasteiger partial charge < -0.3 is 20.9 Å². The van der Waals surface area contributed by atoms with Gasteiger partial charge in [-0.15, -0.1) is 0 Å². The molecule has 0 saturated carbocycles. The lowest BCUT2D eigenvalue weighted by molar-refractivity contribution is 0.119. The Bertz CT molecular complexity index is 1130. The third-order valence-electron chi connectivity index (χ3n) is 4.90. The van der Waals surface area contributed by atoms with Crippen molar-refractivity contribution in [2.24, 2.45) is 5.73 Å². The minimum absolute atomic E-state index is 0.00696. The van der Waals surface area contributed by atoms with Crippen LogP contribution in [0.25, 0.3) is 0 Å². The molecule has 13 heteroatoms. The molecule has 174 valence electrons. The summed E-state index contributed by atoms with van der Waals surface area (Å²) in [7, 11) is -2.96. The molecule has 0 spiro atoms. The molecule has 0 amide bonds. The molecular weight excluding hydrogens is 519 g/mol. The highest BCUT2D eigenvalue weighted by Crippen LogP contribution is 2.43. The van der Waals surface area contributed by atoms with E-state index in [9.17, 15) is 13.5 Å². The van der Waals surface area contributed by atoms with Gasteiger partial charge in [-0.2, -0.15) is 12.8 Å². The molecule has 0 radical (unpaired) electrons. The number of phenolic OH excluding ortho intramolecular Hbond substituents is 1. The third-order valence-corrected chi connectivity index (χ3v) is 8.03. The van der Waals surface area contributed by atoms with Crippen molar-refractivity contribution >= 4 is 73.5 Å². The number of hydrogen-bond donors (Lipinski definition) is 3. The van der Waals surface area contributed by atoms with E-state index in [0.717, 1.165) is 10.8 Å². The summed E-state index contributed by atoms with van der Waals surface area (Å²) < 4.78 is 34.4. The molecule has 1 atom stereocenters. The number of hydrogen-bond acceptors (Lipinski definition) is 6. The number of benzene rings is 2. The first-order valence-electron chi connectivity index (χ1n) is 9.42. The normalized spacial score (nSPS) is 16.8. The van der Waals surface area contributed by atoms with E-state index in [-0.39, 0.29) is 44.2 Å². The average molecular weight is 540 g/mol. The van der Waals surface area contributed by atoms with Gasteiger partial charge in [-0.1, -0.05) is 40.9 Å². The van der Waals surface area contributed by atoms with Crippen LogP contribution in [0.4, 0.5) is 11.4 Å². The SMILES string of the molecule is COC[C@H]1CCCN1N(c1cccc(Cl)c1Cl)S(=O)(=O)c1c(Cl)ccc(NC(N)=S)c1O. The smallest absolute Gasteiger partial charge is 0.283 e. The van der Waals surface area contributed by atoms with Gasteiger partial charge in [0, 0.05) is 13.7 Å². The zero-order valence-corrected chi connectivity index (χ0v) is 20.8. The molecule has 1 saturated heterocycles. The maximum absolute atomic E-state index is 14.0. The number of ether oxygens (including phenoxy) is 1. The van der Waals surface area contributed by atoms with Crippen molar-refractivity contribution < 1.29 is 18.3 Å². The van der Waals surface area contributed by atoms with Crippen LogP contribution in [-0.2, 0) is 14.8 Å². The Labute approximate surface area is 206 Å². The minimum Gasteiger partial charge on any atom is -0.504 e. The maximum atomic E-state index is 14.0. The molecule has 0 aromatic heterocycles. The lowest BCUT2D eigenvalue weighted by Gasteiger charge is -2.37. The topological polar surface area (TPSA) is 108 Å². The van der Waals surface area contributed by atoms with Gasteiger partial charge in [-0.25, -0.2) is 5.01 Å². The predicted octanol–water partition coefficient (Wildman–Crippen LogP) is 4.23. The number of nitrogens with zero attached hydrogens (tertiary/aromatic N) is 2. The lowest BCUT2D eigenvalue weighted by atomic mass is 10.2. The average Bonchev–Trinajstić information content (AvgIpc) is 3.15. The summed E-state index contributed by atoms with van der Waals surface area (Å²) in [5.74, 6) is -0.629. The number of halogens is 3. The van der Waals surface area contributed by atoms with Crippen LogP contribution in [-0.4, -0.2) is 49.9 Å². The Morgan fingerprint density at radius 3 is 2.69 bits per heavy atom. The fourth-order valence-corrected chi connectivity index (χ4v) is 6.30. The van der Waals surface area contributed by atoms with E-state index in [4.69, 9.17) is 57.5 Å². The number of nitrogens with two attached hydrogens (primary N) is 1. The molecule has 0 aliphatic carbocycles.